The summed E-state index contributed by atoms with van der Waals surface area (Å²) in [5.41, 5.74) is 0. The number of amides is 2. The zero-order valence-electron chi connectivity index (χ0n) is 16.7. The molecule has 0 aliphatic rings. The quantitative estimate of drug-likeness (QED) is 0.374. The van der Waals surface area contributed by atoms with Gasteiger partial charge in [-0.15, -0.1) is 0 Å². The van der Waals surface area contributed by atoms with Crippen LogP contribution in [0.3, 0.4) is 0 Å². The van der Waals surface area contributed by atoms with Crippen LogP contribution in [0.4, 0.5) is 0 Å². The Morgan fingerprint density at radius 2 is 0.962 bits per heavy atom. The van der Waals surface area contributed by atoms with Gasteiger partial charge < -0.3 is 29.6 Å². The van der Waals surface area contributed by atoms with Crippen LogP contribution in [0, 0.1) is 0 Å². The fourth-order valence-corrected chi connectivity index (χ4v) is 2.24. The van der Waals surface area contributed by atoms with Crippen molar-refractivity contribution in [2.45, 2.75) is 66.0 Å². The van der Waals surface area contributed by atoms with Crippen LogP contribution in [0.25, 0.3) is 0 Å². The number of hydrogen-bond donors (Lipinski definition) is 2. The molecule has 154 valence electrons. The molecule has 2 amide bonds. The minimum atomic E-state index is -0.308. The van der Waals surface area contributed by atoms with Crippen molar-refractivity contribution < 1.29 is 28.5 Å². The Kier molecular flexibility index (Phi) is 16.4. The SMILES string of the molecule is CCOC(CCNC(=O)CCC(=O)NCCC(OCC)OCC)OCC. The highest BCUT2D eigenvalue weighted by Gasteiger charge is 2.11. The van der Waals surface area contributed by atoms with Crippen LogP contribution in [0.1, 0.15) is 53.4 Å². The maximum Gasteiger partial charge on any atom is 0.220 e. The first-order chi connectivity index (χ1) is 12.6. The van der Waals surface area contributed by atoms with Crippen LogP contribution in [0.2, 0.25) is 0 Å². The minimum Gasteiger partial charge on any atom is -0.356 e. The Hall–Kier alpha value is -1.22. The third-order valence-corrected chi connectivity index (χ3v) is 3.39. The third kappa shape index (κ3) is 14.0. The highest BCUT2D eigenvalue weighted by molar-refractivity contribution is 5.83. The molecular formula is C18H36N2O6. The van der Waals surface area contributed by atoms with Crippen molar-refractivity contribution in [3.63, 3.8) is 0 Å². The molecule has 0 aliphatic heterocycles. The standard InChI is InChI=1S/C18H36N2O6/c1-5-23-17(24-6-2)11-13-19-15(21)9-10-16(22)20-14-12-18(25-7-3)26-8-4/h17-18H,5-14H2,1-4H3,(H,19,21)(H,20,22). The predicted octanol–water partition coefficient (Wildman–Crippen LogP) is 1.58. The predicted molar refractivity (Wildman–Crippen MR) is 98.6 cm³/mol. The molecule has 8 heteroatoms. The van der Waals surface area contributed by atoms with Crippen molar-refractivity contribution in [1.82, 2.24) is 10.6 Å². The summed E-state index contributed by atoms with van der Waals surface area (Å²) in [7, 11) is 0. The molecule has 0 heterocycles. The second-order valence-electron chi connectivity index (χ2n) is 5.46. The van der Waals surface area contributed by atoms with Crippen molar-refractivity contribution >= 4 is 11.8 Å². The van der Waals surface area contributed by atoms with Gasteiger partial charge in [-0.1, -0.05) is 0 Å². The number of ether oxygens (including phenoxy) is 4. The smallest absolute Gasteiger partial charge is 0.220 e. The van der Waals surface area contributed by atoms with E-state index in [1.54, 1.807) is 0 Å². The summed E-state index contributed by atoms with van der Waals surface area (Å²) >= 11 is 0. The van der Waals surface area contributed by atoms with E-state index in [0.717, 1.165) is 0 Å². The number of rotatable bonds is 17. The van der Waals surface area contributed by atoms with Crippen molar-refractivity contribution in [3.05, 3.63) is 0 Å². The lowest BCUT2D eigenvalue weighted by molar-refractivity contribution is -0.141. The van der Waals surface area contributed by atoms with Gasteiger partial charge in [-0.05, 0) is 27.7 Å². The number of hydrogen-bond acceptors (Lipinski definition) is 6. The summed E-state index contributed by atoms with van der Waals surface area (Å²) in [4.78, 5) is 23.6. The van der Waals surface area contributed by atoms with Crippen LogP contribution in [0.5, 0.6) is 0 Å². The van der Waals surface area contributed by atoms with Crippen LogP contribution in [0.15, 0.2) is 0 Å². The Bertz CT molecular complexity index is 322. The van der Waals surface area contributed by atoms with E-state index in [1.807, 2.05) is 27.7 Å². The van der Waals surface area contributed by atoms with Crippen molar-refractivity contribution in [2.75, 3.05) is 39.5 Å². The molecule has 8 nitrogen and oxygen atoms in total. The second kappa shape index (κ2) is 17.2. The molecule has 0 unspecified atom stereocenters. The van der Waals surface area contributed by atoms with E-state index >= 15 is 0 Å². The molecule has 26 heavy (non-hydrogen) atoms. The largest absolute Gasteiger partial charge is 0.356 e. The van der Waals surface area contributed by atoms with Crippen LogP contribution < -0.4 is 10.6 Å². The number of carbonyl (C=O) groups is 2. The molecule has 0 aliphatic carbocycles. The lowest BCUT2D eigenvalue weighted by Crippen LogP contribution is -2.32. The highest BCUT2D eigenvalue weighted by atomic mass is 16.7. The maximum atomic E-state index is 11.8. The van der Waals surface area contributed by atoms with Gasteiger partial charge in [0.1, 0.15) is 0 Å². The Balaban J connectivity index is 3.82. The fourth-order valence-electron chi connectivity index (χ4n) is 2.24. The topological polar surface area (TPSA) is 95.1 Å². The van der Waals surface area contributed by atoms with Gasteiger partial charge >= 0.3 is 0 Å². The summed E-state index contributed by atoms with van der Waals surface area (Å²) in [5.74, 6) is -0.318. The molecule has 0 fully saturated rings. The van der Waals surface area contributed by atoms with Crippen molar-refractivity contribution in [3.8, 4) is 0 Å². The fraction of sp³-hybridized carbons (Fsp3) is 0.889. The summed E-state index contributed by atoms with van der Waals surface area (Å²) in [6.07, 6.45) is 0.848. The molecule has 0 rings (SSSR count). The number of nitrogens with one attached hydrogen (secondary N) is 2. The molecule has 0 aromatic heterocycles. The molecule has 2 N–H and O–H groups in total. The summed E-state index contributed by atoms with van der Waals surface area (Å²) < 4.78 is 21.6. The van der Waals surface area contributed by atoms with Crippen molar-refractivity contribution in [2.24, 2.45) is 0 Å². The first kappa shape index (κ1) is 24.8. The molecular weight excluding hydrogens is 340 g/mol. The summed E-state index contributed by atoms with van der Waals surface area (Å²) in [6, 6.07) is 0. The molecule has 0 spiro atoms. The van der Waals surface area contributed by atoms with Gasteiger partial charge in [0.2, 0.25) is 11.8 Å². The van der Waals surface area contributed by atoms with E-state index in [4.69, 9.17) is 18.9 Å². The van der Waals surface area contributed by atoms with E-state index in [2.05, 4.69) is 10.6 Å². The highest BCUT2D eigenvalue weighted by Crippen LogP contribution is 2.01. The zero-order valence-corrected chi connectivity index (χ0v) is 16.7. The normalized spacial score (nSPS) is 11.2. The Labute approximate surface area is 157 Å². The minimum absolute atomic E-state index is 0.153. The molecule has 0 aromatic carbocycles. The maximum absolute atomic E-state index is 11.8. The second-order valence-corrected chi connectivity index (χ2v) is 5.46. The Morgan fingerprint density at radius 3 is 1.23 bits per heavy atom. The molecule has 0 bridgehead atoms. The molecule has 0 atom stereocenters. The van der Waals surface area contributed by atoms with E-state index in [-0.39, 0.29) is 37.2 Å². The van der Waals surface area contributed by atoms with Gasteiger partial charge in [0, 0.05) is 65.2 Å². The monoisotopic (exact) mass is 376 g/mol. The van der Waals surface area contributed by atoms with E-state index in [9.17, 15) is 9.59 Å². The van der Waals surface area contributed by atoms with E-state index in [0.29, 0.717) is 52.4 Å². The average Bonchev–Trinajstić information content (AvgIpc) is 2.60. The van der Waals surface area contributed by atoms with Gasteiger partial charge in [0.15, 0.2) is 12.6 Å². The molecule has 0 radical (unpaired) electrons. The molecule has 0 saturated carbocycles. The van der Waals surface area contributed by atoms with Crippen LogP contribution in [-0.4, -0.2) is 63.9 Å². The zero-order chi connectivity index (χ0) is 19.6. The average molecular weight is 376 g/mol. The van der Waals surface area contributed by atoms with Gasteiger partial charge in [0.05, 0.1) is 0 Å². The van der Waals surface area contributed by atoms with Gasteiger partial charge in [0.25, 0.3) is 0 Å². The Morgan fingerprint density at radius 1 is 0.654 bits per heavy atom. The summed E-state index contributed by atoms with van der Waals surface area (Å²) in [6.45, 7) is 10.7. The third-order valence-electron chi connectivity index (χ3n) is 3.39. The van der Waals surface area contributed by atoms with Gasteiger partial charge in [-0.3, -0.25) is 9.59 Å². The first-order valence-electron chi connectivity index (χ1n) is 9.56. The molecule has 0 saturated heterocycles. The summed E-state index contributed by atoms with van der Waals surface area (Å²) in [5, 5.41) is 5.55. The first-order valence-corrected chi connectivity index (χ1v) is 9.56. The van der Waals surface area contributed by atoms with Crippen molar-refractivity contribution in [1.29, 1.82) is 0 Å². The number of carbonyl (C=O) groups excluding carboxylic acids is 2. The van der Waals surface area contributed by atoms with Crippen LogP contribution >= 0.6 is 0 Å². The van der Waals surface area contributed by atoms with Gasteiger partial charge in [-0.25, -0.2) is 0 Å². The van der Waals surface area contributed by atoms with Crippen LogP contribution in [-0.2, 0) is 28.5 Å². The van der Waals surface area contributed by atoms with E-state index < -0.39 is 0 Å². The van der Waals surface area contributed by atoms with Gasteiger partial charge in [-0.2, -0.15) is 0 Å². The lowest BCUT2D eigenvalue weighted by Gasteiger charge is -2.17. The lowest BCUT2D eigenvalue weighted by atomic mass is 10.2. The molecule has 0 aromatic rings. The van der Waals surface area contributed by atoms with E-state index in [1.165, 1.54) is 0 Å².